The van der Waals surface area contributed by atoms with Crippen LogP contribution in [0, 0.1) is 0 Å². The zero-order valence-electron chi connectivity index (χ0n) is 17.2. The second kappa shape index (κ2) is 12.5. The number of benzene rings is 1. The zero-order chi connectivity index (χ0) is 21.0. The van der Waals surface area contributed by atoms with Crippen molar-refractivity contribution >= 4 is 28.5 Å². The van der Waals surface area contributed by atoms with Crippen LogP contribution in [0.25, 0.3) is 0 Å². The lowest BCUT2D eigenvalue weighted by atomic mass is 10.1. The number of alkyl carbamates (subject to hydrolysis) is 1. The Morgan fingerprint density at radius 2 is 1.89 bits per heavy atom. The number of hydrogen-bond acceptors (Lipinski definition) is 5. The summed E-state index contributed by atoms with van der Waals surface area (Å²) in [6.45, 7) is 6.24. The van der Waals surface area contributed by atoms with E-state index in [0.717, 1.165) is 19.3 Å². The third kappa shape index (κ3) is 11.0. The van der Waals surface area contributed by atoms with Crippen molar-refractivity contribution in [2.24, 2.45) is 0 Å². The molecule has 0 radical (unpaired) electrons. The number of nitrogens with one attached hydrogen (secondary N) is 2. The topological polar surface area (TPSA) is 93.7 Å². The van der Waals surface area contributed by atoms with Gasteiger partial charge in [-0.15, -0.1) is 0 Å². The van der Waals surface area contributed by atoms with Crippen LogP contribution >= 0.6 is 0 Å². The fraction of sp³-hybridized carbons (Fsp3) is 0.600. The summed E-state index contributed by atoms with van der Waals surface area (Å²) in [7, 11) is 0.473. The minimum absolute atomic E-state index is 0.106. The molecule has 1 aromatic carbocycles. The van der Waals surface area contributed by atoms with Crippen molar-refractivity contribution in [3.8, 4) is 0 Å². The van der Waals surface area contributed by atoms with E-state index in [0.29, 0.717) is 23.6 Å². The van der Waals surface area contributed by atoms with Crippen molar-refractivity contribution in [3.05, 3.63) is 29.8 Å². The van der Waals surface area contributed by atoms with Crippen molar-refractivity contribution < 1.29 is 23.3 Å². The summed E-state index contributed by atoms with van der Waals surface area (Å²) in [6.07, 6.45) is 2.37. The molecule has 158 valence electrons. The third-order valence-electron chi connectivity index (χ3n) is 3.61. The first kappa shape index (κ1) is 24.1. The highest BCUT2D eigenvalue weighted by molar-refractivity contribution is 7.86. The van der Waals surface area contributed by atoms with Gasteiger partial charge in [0.15, 0.2) is 5.78 Å². The highest BCUT2D eigenvalue weighted by Gasteiger charge is 2.16. The van der Waals surface area contributed by atoms with Crippen LogP contribution in [0.15, 0.2) is 24.3 Å². The smallest absolute Gasteiger partial charge is 0.407 e. The van der Waals surface area contributed by atoms with Gasteiger partial charge in [0.1, 0.15) is 16.6 Å². The van der Waals surface area contributed by atoms with Gasteiger partial charge in [0.25, 0.3) is 0 Å². The van der Waals surface area contributed by atoms with Crippen LogP contribution in [0.1, 0.15) is 56.8 Å². The number of ether oxygens (including phenoxy) is 2. The van der Waals surface area contributed by atoms with Crippen LogP contribution in [0.5, 0.6) is 0 Å². The summed E-state index contributed by atoms with van der Waals surface area (Å²) in [5.41, 5.74) is 0.572. The fourth-order valence-corrected chi connectivity index (χ4v) is 3.29. The number of methoxy groups -OCH3 is 1. The standard InChI is InChI=1S/C20H32N2O5S/c1-20(2,3)27-19(24)21-12-11-18(23)16-9-8-10-17(15-16)22-28(25)14-7-5-6-13-26-4/h8-10,15,22H,5-7,11-14H2,1-4H3,(H,21,24). The molecule has 0 aliphatic heterocycles. The minimum Gasteiger partial charge on any atom is -0.444 e. The second-order valence-corrected chi connectivity index (χ2v) is 8.69. The van der Waals surface area contributed by atoms with Crippen LogP contribution in [0.3, 0.4) is 0 Å². The largest absolute Gasteiger partial charge is 0.444 e. The lowest BCUT2D eigenvalue weighted by molar-refractivity contribution is 0.0527. The lowest BCUT2D eigenvalue weighted by Gasteiger charge is -2.19. The first-order valence-electron chi connectivity index (χ1n) is 9.45. The Morgan fingerprint density at radius 3 is 2.57 bits per heavy atom. The molecule has 0 saturated heterocycles. The molecule has 1 atom stereocenters. The molecule has 0 aromatic heterocycles. The fourth-order valence-electron chi connectivity index (χ4n) is 2.33. The number of Topliss-reactive ketones (excluding diaryl/α,β-unsaturated/α-hetero) is 1. The number of hydrogen-bond donors (Lipinski definition) is 2. The molecular formula is C20H32N2O5S. The van der Waals surface area contributed by atoms with Gasteiger partial charge in [-0.1, -0.05) is 18.6 Å². The Labute approximate surface area is 170 Å². The molecule has 28 heavy (non-hydrogen) atoms. The minimum atomic E-state index is -1.19. The van der Waals surface area contributed by atoms with Gasteiger partial charge in [0.2, 0.25) is 0 Å². The molecule has 0 aliphatic carbocycles. The predicted molar refractivity (Wildman–Crippen MR) is 112 cm³/mol. The number of carbonyl (C=O) groups is 2. The average Bonchev–Trinajstić information content (AvgIpc) is 2.60. The molecule has 0 fully saturated rings. The highest BCUT2D eigenvalue weighted by Crippen LogP contribution is 2.14. The molecule has 7 nitrogen and oxygen atoms in total. The number of rotatable bonds is 12. The molecule has 0 bridgehead atoms. The van der Waals surface area contributed by atoms with Gasteiger partial charge in [-0.3, -0.25) is 4.79 Å². The van der Waals surface area contributed by atoms with Gasteiger partial charge in [-0.2, -0.15) is 0 Å². The first-order chi connectivity index (χ1) is 13.2. The molecule has 8 heteroatoms. The van der Waals surface area contributed by atoms with E-state index < -0.39 is 22.7 Å². The Kier molecular flexibility index (Phi) is 10.8. The van der Waals surface area contributed by atoms with E-state index >= 15 is 0 Å². The van der Waals surface area contributed by atoms with Gasteiger partial charge >= 0.3 is 6.09 Å². The number of carbonyl (C=O) groups excluding carboxylic acids is 2. The van der Waals surface area contributed by atoms with Crippen molar-refractivity contribution in [2.75, 3.05) is 30.7 Å². The molecule has 0 aliphatic rings. The van der Waals surface area contributed by atoms with Gasteiger partial charge in [0, 0.05) is 43.7 Å². The van der Waals surface area contributed by atoms with Crippen LogP contribution in [0.2, 0.25) is 0 Å². The van der Waals surface area contributed by atoms with Crippen molar-refractivity contribution in [1.29, 1.82) is 0 Å². The normalized spacial score (nSPS) is 12.3. The van der Waals surface area contributed by atoms with Crippen molar-refractivity contribution in [1.82, 2.24) is 5.32 Å². The van der Waals surface area contributed by atoms with Gasteiger partial charge < -0.3 is 19.5 Å². The van der Waals surface area contributed by atoms with Crippen LogP contribution in [-0.4, -0.2) is 47.7 Å². The zero-order valence-corrected chi connectivity index (χ0v) is 18.0. The van der Waals surface area contributed by atoms with E-state index in [1.165, 1.54) is 0 Å². The Bertz CT molecular complexity index is 658. The maximum atomic E-state index is 12.3. The lowest BCUT2D eigenvalue weighted by Crippen LogP contribution is -2.33. The van der Waals surface area contributed by atoms with E-state index in [4.69, 9.17) is 9.47 Å². The first-order valence-corrected chi connectivity index (χ1v) is 10.8. The summed E-state index contributed by atoms with van der Waals surface area (Å²) in [5, 5.41) is 2.57. The Balaban J connectivity index is 2.41. The Morgan fingerprint density at radius 1 is 1.14 bits per heavy atom. The van der Waals surface area contributed by atoms with Gasteiger partial charge in [0.05, 0.1) is 0 Å². The van der Waals surface area contributed by atoms with E-state index in [1.807, 2.05) is 0 Å². The van der Waals surface area contributed by atoms with Crippen molar-refractivity contribution in [3.63, 3.8) is 0 Å². The highest BCUT2D eigenvalue weighted by atomic mass is 32.2. The monoisotopic (exact) mass is 412 g/mol. The second-order valence-electron chi connectivity index (χ2n) is 7.39. The molecule has 0 heterocycles. The van der Waals surface area contributed by atoms with E-state index in [2.05, 4.69) is 10.0 Å². The Hall–Kier alpha value is -1.93. The van der Waals surface area contributed by atoms with E-state index in [9.17, 15) is 13.8 Å². The molecule has 1 unspecified atom stereocenters. The summed E-state index contributed by atoms with van der Waals surface area (Å²) in [4.78, 5) is 23.9. The average molecular weight is 413 g/mol. The molecule has 0 spiro atoms. The summed E-state index contributed by atoms with van der Waals surface area (Å²) < 4.78 is 25.2. The molecule has 0 saturated carbocycles. The van der Waals surface area contributed by atoms with Crippen molar-refractivity contribution in [2.45, 2.75) is 52.1 Å². The predicted octanol–water partition coefficient (Wildman–Crippen LogP) is 3.68. The molecular weight excluding hydrogens is 380 g/mol. The summed E-state index contributed by atoms with van der Waals surface area (Å²) in [6, 6.07) is 6.90. The quantitative estimate of drug-likeness (QED) is 0.403. The van der Waals surface area contributed by atoms with Gasteiger partial charge in [-0.05, 0) is 45.7 Å². The molecule has 1 rings (SSSR count). The number of amides is 1. The summed E-state index contributed by atoms with van der Waals surface area (Å²) >= 11 is 0. The maximum Gasteiger partial charge on any atom is 0.407 e. The third-order valence-corrected chi connectivity index (χ3v) is 4.74. The number of unbranched alkanes of at least 4 members (excludes halogenated alkanes) is 2. The maximum absolute atomic E-state index is 12.3. The van der Waals surface area contributed by atoms with Crippen LogP contribution < -0.4 is 10.0 Å². The number of anilines is 1. The van der Waals surface area contributed by atoms with Gasteiger partial charge in [-0.25, -0.2) is 9.00 Å². The SMILES string of the molecule is COCCCCCS(=O)Nc1cccc(C(=O)CCNC(=O)OC(C)(C)C)c1. The van der Waals surface area contributed by atoms with Crippen LogP contribution in [-0.2, 0) is 20.5 Å². The molecule has 2 N–H and O–H groups in total. The number of ketones is 1. The summed E-state index contributed by atoms with van der Waals surface area (Å²) in [5.74, 6) is 0.437. The van der Waals surface area contributed by atoms with Crippen LogP contribution in [0.4, 0.5) is 10.5 Å². The van der Waals surface area contributed by atoms with E-state index in [1.54, 1.807) is 52.1 Å². The molecule has 1 aromatic rings. The molecule has 1 amide bonds. The van der Waals surface area contributed by atoms with E-state index in [-0.39, 0.29) is 18.7 Å².